The van der Waals surface area contributed by atoms with Crippen molar-refractivity contribution < 1.29 is 24.4 Å². The van der Waals surface area contributed by atoms with Crippen molar-refractivity contribution >= 4 is 17.7 Å². The van der Waals surface area contributed by atoms with Crippen molar-refractivity contribution in [2.45, 2.75) is 18.6 Å². The van der Waals surface area contributed by atoms with E-state index in [1.54, 1.807) is 0 Å². The number of aliphatic hydroxyl groups is 1. The number of likely N-dealkylation sites (tertiary alicyclic amines) is 1. The number of hydrogen-bond acceptors (Lipinski definition) is 7. The van der Waals surface area contributed by atoms with Crippen LogP contribution < -0.4 is 5.73 Å². The second-order valence-electron chi connectivity index (χ2n) is 3.70. The van der Waals surface area contributed by atoms with Crippen molar-refractivity contribution in [1.29, 1.82) is 0 Å². The summed E-state index contributed by atoms with van der Waals surface area (Å²) < 4.78 is 4.27. The van der Waals surface area contributed by atoms with Gasteiger partial charge in [-0.3, -0.25) is 4.79 Å². The molecule has 0 spiro atoms. The molecule has 1 aromatic rings. The number of β-amino-alcohol motifs (C(OH)–C–C–N with tert-alkyl or cyclic N) is 1. The van der Waals surface area contributed by atoms with Gasteiger partial charge in [0, 0.05) is 13.0 Å². The van der Waals surface area contributed by atoms with Gasteiger partial charge >= 0.3 is 5.97 Å². The van der Waals surface area contributed by atoms with Crippen molar-refractivity contribution in [3.05, 3.63) is 5.69 Å². The monoisotopic (exact) mass is 242 g/mol. The van der Waals surface area contributed by atoms with E-state index in [0.29, 0.717) is 0 Å². The standard InChI is InChI=1S/C8H10N4O5/c9-6-5(10-17-11-6)7(14)12-2-3(13)1-4(12)8(15)16/h3-4,13H,1-2H2,(H2,9,11)(H,15,16). The van der Waals surface area contributed by atoms with Crippen molar-refractivity contribution in [3.63, 3.8) is 0 Å². The lowest BCUT2D eigenvalue weighted by atomic mass is 10.2. The highest BCUT2D eigenvalue weighted by Gasteiger charge is 2.40. The average Bonchev–Trinajstić information content (AvgIpc) is 2.83. The summed E-state index contributed by atoms with van der Waals surface area (Å²) in [4.78, 5) is 23.8. The number of nitrogens with two attached hydrogens (primary N) is 1. The van der Waals surface area contributed by atoms with Gasteiger partial charge in [-0.05, 0) is 10.3 Å². The van der Waals surface area contributed by atoms with Gasteiger partial charge in [-0.25, -0.2) is 9.42 Å². The second kappa shape index (κ2) is 4.01. The molecule has 0 radical (unpaired) electrons. The Morgan fingerprint density at radius 3 is 2.71 bits per heavy atom. The Labute approximate surface area is 94.8 Å². The lowest BCUT2D eigenvalue weighted by molar-refractivity contribution is -0.141. The number of nitrogen functional groups attached to an aromatic ring is 1. The molecular weight excluding hydrogens is 232 g/mol. The summed E-state index contributed by atoms with van der Waals surface area (Å²) in [5, 5.41) is 24.8. The Bertz CT molecular complexity index is 459. The molecule has 1 saturated heterocycles. The van der Waals surface area contributed by atoms with Crippen LogP contribution in [0.5, 0.6) is 0 Å². The third-order valence-electron chi connectivity index (χ3n) is 2.54. The number of aliphatic carboxylic acids is 1. The molecule has 0 saturated carbocycles. The largest absolute Gasteiger partial charge is 0.480 e. The molecule has 0 bridgehead atoms. The van der Waals surface area contributed by atoms with Gasteiger partial charge in [0.25, 0.3) is 5.91 Å². The zero-order valence-electron chi connectivity index (χ0n) is 8.61. The zero-order valence-corrected chi connectivity index (χ0v) is 8.61. The van der Waals surface area contributed by atoms with Crippen molar-refractivity contribution in [2.24, 2.45) is 0 Å². The summed E-state index contributed by atoms with van der Waals surface area (Å²) >= 11 is 0. The fraction of sp³-hybridized carbons (Fsp3) is 0.500. The van der Waals surface area contributed by atoms with Crippen LogP contribution in [0.15, 0.2) is 4.63 Å². The molecule has 9 nitrogen and oxygen atoms in total. The van der Waals surface area contributed by atoms with E-state index in [0.717, 1.165) is 4.90 Å². The minimum absolute atomic E-state index is 0.0216. The molecule has 0 aliphatic carbocycles. The molecule has 1 aliphatic heterocycles. The van der Waals surface area contributed by atoms with E-state index in [1.807, 2.05) is 0 Å². The first-order valence-corrected chi connectivity index (χ1v) is 4.80. The summed E-state index contributed by atoms with van der Waals surface area (Å²) in [5.74, 6) is -2.11. The fourth-order valence-corrected chi connectivity index (χ4v) is 1.75. The molecule has 92 valence electrons. The Hall–Kier alpha value is -2.16. The summed E-state index contributed by atoms with van der Waals surface area (Å²) in [6.07, 6.45) is -0.896. The maximum atomic E-state index is 11.9. The van der Waals surface area contributed by atoms with Crippen LogP contribution in [0.4, 0.5) is 5.82 Å². The van der Waals surface area contributed by atoms with Crippen LogP contribution in [0.25, 0.3) is 0 Å². The average molecular weight is 242 g/mol. The van der Waals surface area contributed by atoms with E-state index in [1.165, 1.54) is 0 Å². The lowest BCUT2D eigenvalue weighted by Crippen LogP contribution is -2.41. The number of nitrogens with zero attached hydrogens (tertiary/aromatic N) is 3. The smallest absolute Gasteiger partial charge is 0.326 e. The first-order chi connectivity index (χ1) is 8.00. The van der Waals surface area contributed by atoms with Gasteiger partial charge in [-0.1, -0.05) is 0 Å². The molecular formula is C8H10N4O5. The van der Waals surface area contributed by atoms with Gasteiger partial charge in [-0.2, -0.15) is 0 Å². The SMILES string of the molecule is Nc1nonc1C(=O)N1CC(O)CC1C(=O)O. The molecule has 1 aliphatic rings. The van der Waals surface area contributed by atoms with Crippen LogP contribution >= 0.6 is 0 Å². The molecule has 4 N–H and O–H groups in total. The summed E-state index contributed by atoms with van der Waals surface area (Å²) in [6, 6.07) is -1.09. The van der Waals surface area contributed by atoms with Crippen molar-refractivity contribution in [1.82, 2.24) is 15.2 Å². The van der Waals surface area contributed by atoms with Crippen LogP contribution in [0.1, 0.15) is 16.9 Å². The molecule has 2 heterocycles. The van der Waals surface area contributed by atoms with E-state index >= 15 is 0 Å². The summed E-state index contributed by atoms with van der Waals surface area (Å²) in [6.45, 7) is -0.0812. The Kier molecular flexibility index (Phi) is 2.68. The van der Waals surface area contributed by atoms with Gasteiger partial charge in [0.15, 0.2) is 0 Å². The van der Waals surface area contributed by atoms with Gasteiger partial charge in [-0.15, -0.1) is 0 Å². The van der Waals surface area contributed by atoms with Crippen LogP contribution in [0, 0.1) is 0 Å². The quantitative estimate of drug-likeness (QED) is 0.557. The first-order valence-electron chi connectivity index (χ1n) is 4.80. The Balaban J connectivity index is 2.25. The Morgan fingerprint density at radius 1 is 1.47 bits per heavy atom. The number of carboxylic acids is 1. The lowest BCUT2D eigenvalue weighted by Gasteiger charge is -2.19. The number of rotatable bonds is 2. The van der Waals surface area contributed by atoms with Gasteiger partial charge in [0.2, 0.25) is 11.5 Å². The van der Waals surface area contributed by atoms with Gasteiger partial charge < -0.3 is 20.8 Å². The molecule has 2 unspecified atom stereocenters. The highest BCUT2D eigenvalue weighted by molar-refractivity contribution is 5.98. The Morgan fingerprint density at radius 2 is 2.18 bits per heavy atom. The van der Waals surface area contributed by atoms with Gasteiger partial charge in [0.05, 0.1) is 6.10 Å². The third kappa shape index (κ3) is 1.91. The molecule has 1 aromatic heterocycles. The van der Waals surface area contributed by atoms with E-state index < -0.39 is 24.0 Å². The normalized spacial score (nSPS) is 23.9. The van der Waals surface area contributed by atoms with Crippen LogP contribution in [-0.4, -0.2) is 56.0 Å². The topological polar surface area (TPSA) is 143 Å². The number of carboxylic acid groups (broad SMARTS) is 1. The summed E-state index contributed by atoms with van der Waals surface area (Å²) in [5.41, 5.74) is 5.10. The van der Waals surface area contributed by atoms with E-state index in [4.69, 9.17) is 10.8 Å². The molecule has 17 heavy (non-hydrogen) atoms. The van der Waals surface area contributed by atoms with Crippen LogP contribution in [-0.2, 0) is 4.79 Å². The predicted octanol–water partition coefficient (Wildman–Crippen LogP) is -1.69. The van der Waals surface area contributed by atoms with Crippen LogP contribution in [0.2, 0.25) is 0 Å². The number of carbonyl (C=O) groups excluding carboxylic acids is 1. The molecule has 9 heteroatoms. The first kappa shape index (κ1) is 11.3. The predicted molar refractivity (Wildman–Crippen MR) is 51.8 cm³/mol. The van der Waals surface area contributed by atoms with Crippen molar-refractivity contribution in [3.8, 4) is 0 Å². The summed E-state index contributed by atoms with van der Waals surface area (Å²) in [7, 11) is 0. The highest BCUT2D eigenvalue weighted by atomic mass is 16.6. The number of carbonyl (C=O) groups is 2. The van der Waals surface area contributed by atoms with E-state index in [9.17, 15) is 14.7 Å². The number of hydrogen-bond donors (Lipinski definition) is 3. The molecule has 2 atom stereocenters. The fourth-order valence-electron chi connectivity index (χ4n) is 1.75. The third-order valence-corrected chi connectivity index (χ3v) is 2.54. The number of amides is 1. The molecule has 2 rings (SSSR count). The van der Waals surface area contributed by atoms with E-state index in [2.05, 4.69) is 14.9 Å². The van der Waals surface area contributed by atoms with Gasteiger partial charge in [0.1, 0.15) is 6.04 Å². The molecule has 1 amide bonds. The minimum Gasteiger partial charge on any atom is -0.480 e. The molecule has 0 aromatic carbocycles. The number of aliphatic hydroxyl groups excluding tert-OH is 1. The second-order valence-corrected chi connectivity index (χ2v) is 3.70. The zero-order chi connectivity index (χ0) is 12.6. The number of aromatic nitrogens is 2. The highest BCUT2D eigenvalue weighted by Crippen LogP contribution is 2.21. The maximum Gasteiger partial charge on any atom is 0.326 e. The molecule has 1 fully saturated rings. The minimum atomic E-state index is -1.19. The van der Waals surface area contributed by atoms with Crippen LogP contribution in [0.3, 0.4) is 0 Å². The van der Waals surface area contributed by atoms with Crippen molar-refractivity contribution in [2.75, 3.05) is 12.3 Å². The number of anilines is 1. The maximum absolute atomic E-state index is 11.9. The van der Waals surface area contributed by atoms with E-state index in [-0.39, 0.29) is 24.5 Å².